The molecule has 0 saturated heterocycles. The molecule has 1 heterocycles. The zero-order valence-corrected chi connectivity index (χ0v) is 11.9. The lowest BCUT2D eigenvalue weighted by atomic mass is 10.1. The fourth-order valence-electron chi connectivity index (χ4n) is 1.86. The SMILES string of the molecule is CCCc1cc(C(=O)Nc2ccc(Cl)cc2)cc(N)n1. The number of nitrogens with one attached hydrogen (secondary N) is 1. The molecule has 0 aliphatic carbocycles. The molecule has 1 aromatic carbocycles. The van der Waals surface area contributed by atoms with Crippen LogP contribution in [-0.2, 0) is 6.42 Å². The summed E-state index contributed by atoms with van der Waals surface area (Å²) < 4.78 is 0. The van der Waals surface area contributed by atoms with Gasteiger partial charge in [-0.25, -0.2) is 4.98 Å². The first kappa shape index (κ1) is 14.3. The number of benzene rings is 1. The lowest BCUT2D eigenvalue weighted by Gasteiger charge is -2.08. The fourth-order valence-corrected chi connectivity index (χ4v) is 1.99. The van der Waals surface area contributed by atoms with Crippen molar-refractivity contribution in [1.29, 1.82) is 0 Å². The van der Waals surface area contributed by atoms with E-state index < -0.39 is 0 Å². The van der Waals surface area contributed by atoms with Gasteiger partial charge in [0.25, 0.3) is 5.91 Å². The Morgan fingerprint density at radius 3 is 2.65 bits per heavy atom. The smallest absolute Gasteiger partial charge is 0.255 e. The van der Waals surface area contributed by atoms with E-state index in [1.807, 2.05) is 0 Å². The first-order valence-electron chi connectivity index (χ1n) is 6.42. The van der Waals surface area contributed by atoms with Crippen LogP contribution in [0, 0.1) is 0 Å². The monoisotopic (exact) mass is 289 g/mol. The largest absolute Gasteiger partial charge is 0.384 e. The Hall–Kier alpha value is -2.07. The van der Waals surface area contributed by atoms with Crippen LogP contribution in [0.2, 0.25) is 5.02 Å². The summed E-state index contributed by atoms with van der Waals surface area (Å²) in [6, 6.07) is 10.3. The standard InChI is InChI=1S/C15H16ClN3O/c1-2-3-13-8-10(9-14(17)18-13)15(20)19-12-6-4-11(16)5-7-12/h4-9H,2-3H2,1H3,(H2,17,18)(H,19,20). The summed E-state index contributed by atoms with van der Waals surface area (Å²) in [7, 11) is 0. The van der Waals surface area contributed by atoms with Gasteiger partial charge in [0.1, 0.15) is 5.82 Å². The number of halogens is 1. The van der Waals surface area contributed by atoms with E-state index in [9.17, 15) is 4.79 Å². The van der Waals surface area contributed by atoms with Crippen LogP contribution in [0.3, 0.4) is 0 Å². The van der Waals surface area contributed by atoms with E-state index >= 15 is 0 Å². The van der Waals surface area contributed by atoms with Crippen molar-refractivity contribution in [3.8, 4) is 0 Å². The number of nitrogens with two attached hydrogens (primary N) is 1. The van der Waals surface area contributed by atoms with Gasteiger partial charge in [0, 0.05) is 22.0 Å². The molecule has 0 spiro atoms. The zero-order valence-electron chi connectivity index (χ0n) is 11.2. The summed E-state index contributed by atoms with van der Waals surface area (Å²) in [5.74, 6) is 0.149. The van der Waals surface area contributed by atoms with Gasteiger partial charge in [0.2, 0.25) is 0 Å². The van der Waals surface area contributed by atoms with Gasteiger partial charge in [0.15, 0.2) is 0 Å². The molecule has 0 atom stereocenters. The molecule has 3 N–H and O–H groups in total. The minimum atomic E-state index is -0.209. The molecule has 104 valence electrons. The Labute approximate surface area is 123 Å². The fraction of sp³-hybridized carbons (Fsp3) is 0.200. The summed E-state index contributed by atoms with van der Waals surface area (Å²) in [4.78, 5) is 16.4. The lowest BCUT2D eigenvalue weighted by molar-refractivity contribution is 0.102. The molecule has 1 amide bonds. The molecule has 1 aromatic heterocycles. The second-order valence-electron chi connectivity index (χ2n) is 4.48. The molecule has 0 fully saturated rings. The van der Waals surface area contributed by atoms with Crippen molar-refractivity contribution in [3.63, 3.8) is 0 Å². The Kier molecular flexibility index (Phi) is 4.58. The highest BCUT2D eigenvalue weighted by molar-refractivity contribution is 6.30. The van der Waals surface area contributed by atoms with E-state index in [4.69, 9.17) is 17.3 Å². The molecule has 4 nitrogen and oxygen atoms in total. The van der Waals surface area contributed by atoms with Crippen molar-refractivity contribution in [1.82, 2.24) is 4.98 Å². The van der Waals surface area contributed by atoms with Crippen molar-refractivity contribution in [2.45, 2.75) is 19.8 Å². The van der Waals surface area contributed by atoms with E-state index in [1.165, 1.54) is 0 Å². The number of carbonyl (C=O) groups excluding carboxylic acids is 1. The predicted molar refractivity (Wildman–Crippen MR) is 82.0 cm³/mol. The number of amides is 1. The van der Waals surface area contributed by atoms with Gasteiger partial charge in [-0.05, 0) is 42.8 Å². The van der Waals surface area contributed by atoms with Gasteiger partial charge in [-0.3, -0.25) is 4.79 Å². The van der Waals surface area contributed by atoms with E-state index in [-0.39, 0.29) is 5.91 Å². The number of aryl methyl sites for hydroxylation is 1. The minimum absolute atomic E-state index is 0.209. The van der Waals surface area contributed by atoms with Crippen LogP contribution in [-0.4, -0.2) is 10.9 Å². The van der Waals surface area contributed by atoms with Gasteiger partial charge in [-0.1, -0.05) is 24.9 Å². The number of nitrogen functional groups attached to an aromatic ring is 1. The summed E-state index contributed by atoms with van der Waals surface area (Å²) in [6.45, 7) is 2.05. The zero-order chi connectivity index (χ0) is 14.5. The van der Waals surface area contributed by atoms with Gasteiger partial charge in [-0.15, -0.1) is 0 Å². The Morgan fingerprint density at radius 2 is 2.00 bits per heavy atom. The number of rotatable bonds is 4. The summed E-state index contributed by atoms with van der Waals surface area (Å²) in [6.07, 6.45) is 1.75. The number of pyridine rings is 1. The van der Waals surface area contributed by atoms with Crippen LogP contribution in [0.5, 0.6) is 0 Å². The second-order valence-corrected chi connectivity index (χ2v) is 4.92. The van der Waals surface area contributed by atoms with Crippen molar-refractivity contribution >= 4 is 29.0 Å². The normalized spacial score (nSPS) is 10.3. The number of aromatic nitrogens is 1. The average Bonchev–Trinajstić information content (AvgIpc) is 2.41. The van der Waals surface area contributed by atoms with E-state index in [2.05, 4.69) is 17.2 Å². The lowest BCUT2D eigenvalue weighted by Crippen LogP contribution is -2.13. The minimum Gasteiger partial charge on any atom is -0.384 e. The highest BCUT2D eigenvalue weighted by Crippen LogP contribution is 2.16. The molecule has 0 saturated carbocycles. The topological polar surface area (TPSA) is 68.0 Å². The van der Waals surface area contributed by atoms with Crippen molar-refractivity contribution in [2.24, 2.45) is 0 Å². The summed E-state index contributed by atoms with van der Waals surface area (Å²) in [5.41, 5.74) is 7.76. The molecule has 0 unspecified atom stereocenters. The third-order valence-corrected chi connectivity index (χ3v) is 3.02. The molecule has 0 aliphatic rings. The molecule has 0 aliphatic heterocycles. The van der Waals surface area contributed by atoms with Crippen LogP contribution in [0.1, 0.15) is 29.4 Å². The molecule has 0 radical (unpaired) electrons. The van der Waals surface area contributed by atoms with Crippen LogP contribution >= 0.6 is 11.6 Å². The van der Waals surface area contributed by atoms with E-state index in [0.717, 1.165) is 18.5 Å². The van der Waals surface area contributed by atoms with E-state index in [1.54, 1.807) is 36.4 Å². The molecule has 0 bridgehead atoms. The first-order valence-corrected chi connectivity index (χ1v) is 6.79. The number of carbonyl (C=O) groups is 1. The summed E-state index contributed by atoms with van der Waals surface area (Å²) in [5, 5.41) is 3.43. The van der Waals surface area contributed by atoms with Gasteiger partial charge in [0.05, 0.1) is 0 Å². The van der Waals surface area contributed by atoms with Crippen molar-refractivity contribution in [3.05, 3.63) is 52.7 Å². The number of hydrogen-bond acceptors (Lipinski definition) is 3. The highest BCUT2D eigenvalue weighted by Gasteiger charge is 2.09. The molecular formula is C15H16ClN3O. The molecule has 2 aromatic rings. The Morgan fingerprint density at radius 1 is 1.30 bits per heavy atom. The third-order valence-electron chi connectivity index (χ3n) is 2.77. The summed E-state index contributed by atoms with van der Waals surface area (Å²) >= 11 is 5.80. The van der Waals surface area contributed by atoms with Crippen molar-refractivity contribution in [2.75, 3.05) is 11.1 Å². The number of hydrogen-bond donors (Lipinski definition) is 2. The molecule has 5 heteroatoms. The van der Waals surface area contributed by atoms with Crippen molar-refractivity contribution < 1.29 is 4.79 Å². The third kappa shape index (κ3) is 3.71. The second kappa shape index (κ2) is 6.39. The number of anilines is 2. The van der Waals surface area contributed by atoms with Crippen LogP contribution in [0.25, 0.3) is 0 Å². The van der Waals surface area contributed by atoms with Crippen LogP contribution in [0.15, 0.2) is 36.4 Å². The maximum Gasteiger partial charge on any atom is 0.255 e. The molecule has 2 rings (SSSR count). The number of nitrogens with zero attached hydrogens (tertiary/aromatic N) is 1. The average molecular weight is 290 g/mol. The maximum atomic E-state index is 12.2. The van der Waals surface area contributed by atoms with Gasteiger partial charge < -0.3 is 11.1 Å². The van der Waals surface area contributed by atoms with Gasteiger partial charge in [-0.2, -0.15) is 0 Å². The molecule has 20 heavy (non-hydrogen) atoms. The van der Waals surface area contributed by atoms with Crippen LogP contribution < -0.4 is 11.1 Å². The Balaban J connectivity index is 2.18. The Bertz CT molecular complexity index is 611. The first-order chi connectivity index (χ1) is 9.58. The maximum absolute atomic E-state index is 12.2. The van der Waals surface area contributed by atoms with Gasteiger partial charge >= 0.3 is 0 Å². The predicted octanol–water partition coefficient (Wildman–Crippen LogP) is 3.52. The van der Waals surface area contributed by atoms with Crippen LogP contribution in [0.4, 0.5) is 11.5 Å². The molecular weight excluding hydrogens is 274 g/mol. The highest BCUT2D eigenvalue weighted by atomic mass is 35.5. The van der Waals surface area contributed by atoms with E-state index in [0.29, 0.717) is 22.1 Å². The quantitative estimate of drug-likeness (QED) is 0.905.